The predicted octanol–water partition coefficient (Wildman–Crippen LogP) is 4.22. The van der Waals surface area contributed by atoms with Crippen molar-refractivity contribution in [1.82, 2.24) is 10.3 Å². The SMILES string of the molecule is O=C(NCCc1ccc(F)cc1)c1ccc(Nc2ccc(F)cc2F)cn1. The minimum absolute atomic E-state index is 0.106. The Morgan fingerprint density at radius 1 is 0.926 bits per heavy atom. The van der Waals surface area contributed by atoms with Crippen molar-refractivity contribution in [2.75, 3.05) is 11.9 Å². The quantitative estimate of drug-likeness (QED) is 0.682. The van der Waals surface area contributed by atoms with Crippen LogP contribution in [0.3, 0.4) is 0 Å². The first-order valence-corrected chi connectivity index (χ1v) is 8.22. The minimum Gasteiger partial charge on any atom is -0.352 e. The zero-order valence-corrected chi connectivity index (χ0v) is 14.2. The molecule has 1 aromatic heterocycles. The Hall–Kier alpha value is -3.35. The van der Waals surface area contributed by atoms with Gasteiger partial charge in [-0.1, -0.05) is 12.1 Å². The fourth-order valence-corrected chi connectivity index (χ4v) is 2.41. The lowest BCUT2D eigenvalue weighted by molar-refractivity contribution is 0.0949. The van der Waals surface area contributed by atoms with Gasteiger partial charge in [0.15, 0.2) is 0 Å². The van der Waals surface area contributed by atoms with Crippen LogP contribution in [0.5, 0.6) is 0 Å². The average Bonchev–Trinajstić information content (AvgIpc) is 2.66. The molecular weight excluding hydrogens is 355 g/mol. The van der Waals surface area contributed by atoms with Crippen LogP contribution in [0, 0.1) is 17.5 Å². The first-order chi connectivity index (χ1) is 13.0. The molecule has 0 fully saturated rings. The monoisotopic (exact) mass is 371 g/mol. The fraction of sp³-hybridized carbons (Fsp3) is 0.100. The summed E-state index contributed by atoms with van der Waals surface area (Å²) in [5, 5.41) is 5.50. The Balaban J connectivity index is 1.54. The highest BCUT2D eigenvalue weighted by molar-refractivity contribution is 5.92. The van der Waals surface area contributed by atoms with Gasteiger partial charge in [0.1, 0.15) is 23.1 Å². The number of hydrogen-bond acceptors (Lipinski definition) is 3. The lowest BCUT2D eigenvalue weighted by Gasteiger charge is -2.08. The number of rotatable bonds is 6. The molecule has 0 unspecified atom stereocenters. The van der Waals surface area contributed by atoms with Gasteiger partial charge in [-0.05, 0) is 48.4 Å². The molecule has 0 saturated heterocycles. The van der Waals surface area contributed by atoms with Crippen molar-refractivity contribution in [3.8, 4) is 0 Å². The van der Waals surface area contributed by atoms with E-state index in [0.717, 1.165) is 17.7 Å². The summed E-state index contributed by atoms with van der Waals surface area (Å²) in [4.78, 5) is 16.1. The number of nitrogens with zero attached hydrogens (tertiary/aromatic N) is 1. The first-order valence-electron chi connectivity index (χ1n) is 8.22. The molecular formula is C20H16F3N3O. The van der Waals surface area contributed by atoms with Crippen molar-refractivity contribution >= 4 is 17.3 Å². The number of aromatic nitrogens is 1. The van der Waals surface area contributed by atoms with Crippen molar-refractivity contribution in [3.05, 3.63) is 89.5 Å². The summed E-state index contributed by atoms with van der Waals surface area (Å²) in [6.45, 7) is 0.382. The molecule has 2 aromatic carbocycles. The van der Waals surface area contributed by atoms with Crippen LogP contribution in [0.2, 0.25) is 0 Å². The van der Waals surface area contributed by atoms with Crippen molar-refractivity contribution in [3.63, 3.8) is 0 Å². The molecule has 0 aliphatic heterocycles. The molecule has 1 amide bonds. The molecule has 138 valence electrons. The van der Waals surface area contributed by atoms with E-state index in [1.54, 1.807) is 18.2 Å². The van der Waals surface area contributed by atoms with Gasteiger partial charge in [-0.2, -0.15) is 0 Å². The second kappa shape index (κ2) is 8.35. The summed E-state index contributed by atoms with van der Waals surface area (Å²) < 4.78 is 39.4. The van der Waals surface area contributed by atoms with Gasteiger partial charge in [-0.25, -0.2) is 18.2 Å². The standard InChI is InChI=1S/C20H16F3N3O/c21-14-3-1-13(2-4-14)9-10-24-20(27)19-8-6-16(12-25-19)26-18-7-5-15(22)11-17(18)23/h1-8,11-12,26H,9-10H2,(H,24,27). The highest BCUT2D eigenvalue weighted by Gasteiger charge is 2.08. The van der Waals surface area contributed by atoms with E-state index in [4.69, 9.17) is 0 Å². The summed E-state index contributed by atoms with van der Waals surface area (Å²) >= 11 is 0. The van der Waals surface area contributed by atoms with Gasteiger partial charge in [0.25, 0.3) is 5.91 Å². The van der Waals surface area contributed by atoms with Crippen LogP contribution < -0.4 is 10.6 Å². The molecule has 4 nitrogen and oxygen atoms in total. The van der Waals surface area contributed by atoms with Gasteiger partial charge >= 0.3 is 0 Å². The third kappa shape index (κ3) is 5.07. The highest BCUT2D eigenvalue weighted by Crippen LogP contribution is 2.20. The number of benzene rings is 2. The number of carbonyl (C=O) groups is 1. The molecule has 2 N–H and O–H groups in total. The third-order valence-electron chi connectivity index (χ3n) is 3.82. The molecule has 0 radical (unpaired) electrons. The van der Waals surface area contributed by atoms with E-state index < -0.39 is 11.6 Å². The molecule has 0 spiro atoms. The highest BCUT2D eigenvalue weighted by atomic mass is 19.1. The maximum absolute atomic E-state index is 13.6. The Morgan fingerprint density at radius 3 is 2.33 bits per heavy atom. The van der Waals surface area contributed by atoms with Crippen LogP contribution in [0.15, 0.2) is 60.8 Å². The molecule has 0 bridgehead atoms. The van der Waals surface area contributed by atoms with Crippen LogP contribution in [0.4, 0.5) is 24.5 Å². The molecule has 3 rings (SSSR count). The minimum atomic E-state index is -0.724. The molecule has 27 heavy (non-hydrogen) atoms. The summed E-state index contributed by atoms with van der Waals surface area (Å²) in [5.74, 6) is -2.04. The van der Waals surface area contributed by atoms with Gasteiger partial charge in [0, 0.05) is 12.6 Å². The van der Waals surface area contributed by atoms with Gasteiger partial charge in [-0.15, -0.1) is 0 Å². The average molecular weight is 371 g/mol. The van der Waals surface area contributed by atoms with E-state index in [-0.39, 0.29) is 23.1 Å². The van der Waals surface area contributed by atoms with Crippen LogP contribution in [-0.4, -0.2) is 17.4 Å². The van der Waals surface area contributed by atoms with Crippen LogP contribution >= 0.6 is 0 Å². The van der Waals surface area contributed by atoms with Gasteiger partial charge in [0.2, 0.25) is 0 Å². The van der Waals surface area contributed by atoms with Gasteiger partial charge in [-0.3, -0.25) is 4.79 Å². The number of carbonyl (C=O) groups excluding carboxylic acids is 1. The number of halogens is 3. The predicted molar refractivity (Wildman–Crippen MR) is 96.3 cm³/mol. The largest absolute Gasteiger partial charge is 0.352 e. The van der Waals surface area contributed by atoms with Crippen molar-refractivity contribution in [2.24, 2.45) is 0 Å². The van der Waals surface area contributed by atoms with Crippen molar-refractivity contribution in [2.45, 2.75) is 6.42 Å². The molecule has 0 aliphatic carbocycles. The van der Waals surface area contributed by atoms with Crippen LogP contribution in [0.1, 0.15) is 16.1 Å². The number of anilines is 2. The topological polar surface area (TPSA) is 54.0 Å². The molecule has 0 saturated carbocycles. The molecule has 3 aromatic rings. The fourth-order valence-electron chi connectivity index (χ4n) is 2.41. The maximum atomic E-state index is 13.6. The van der Waals surface area contributed by atoms with Gasteiger partial charge < -0.3 is 10.6 Å². The Morgan fingerprint density at radius 2 is 1.67 bits per heavy atom. The Kier molecular flexibility index (Phi) is 5.71. The van der Waals surface area contributed by atoms with Crippen LogP contribution in [0.25, 0.3) is 0 Å². The van der Waals surface area contributed by atoms with Crippen molar-refractivity contribution in [1.29, 1.82) is 0 Å². The summed E-state index contributed by atoms with van der Waals surface area (Å²) in [7, 11) is 0. The van der Waals surface area contributed by atoms with E-state index in [1.807, 2.05) is 0 Å². The maximum Gasteiger partial charge on any atom is 0.269 e. The van der Waals surface area contributed by atoms with E-state index in [2.05, 4.69) is 15.6 Å². The number of pyridine rings is 1. The normalized spacial score (nSPS) is 10.5. The number of nitrogens with one attached hydrogen (secondary N) is 2. The van der Waals surface area contributed by atoms with E-state index in [1.165, 1.54) is 30.5 Å². The molecule has 7 heteroatoms. The van der Waals surface area contributed by atoms with Crippen molar-refractivity contribution < 1.29 is 18.0 Å². The summed E-state index contributed by atoms with van der Waals surface area (Å²) in [6.07, 6.45) is 1.95. The van der Waals surface area contributed by atoms with Crippen LogP contribution in [-0.2, 0) is 6.42 Å². The third-order valence-corrected chi connectivity index (χ3v) is 3.82. The second-order valence-electron chi connectivity index (χ2n) is 5.81. The summed E-state index contributed by atoms with van der Waals surface area (Å²) in [6, 6.07) is 12.3. The number of hydrogen-bond donors (Lipinski definition) is 2. The zero-order valence-electron chi connectivity index (χ0n) is 14.2. The van der Waals surface area contributed by atoms with Gasteiger partial charge in [0.05, 0.1) is 17.6 Å². The number of amides is 1. The Labute approximate surface area is 154 Å². The molecule has 0 aliphatic rings. The Bertz CT molecular complexity index is 928. The first kappa shape index (κ1) is 18.4. The zero-order chi connectivity index (χ0) is 19.2. The van der Waals surface area contributed by atoms with E-state index in [9.17, 15) is 18.0 Å². The molecule has 0 atom stereocenters. The lowest BCUT2D eigenvalue weighted by Crippen LogP contribution is -2.26. The smallest absolute Gasteiger partial charge is 0.269 e. The van der Waals surface area contributed by atoms with E-state index >= 15 is 0 Å². The second-order valence-corrected chi connectivity index (χ2v) is 5.81. The van der Waals surface area contributed by atoms with E-state index in [0.29, 0.717) is 18.7 Å². The summed E-state index contributed by atoms with van der Waals surface area (Å²) in [5.41, 5.74) is 1.68. The lowest BCUT2D eigenvalue weighted by atomic mass is 10.1. The molecule has 1 heterocycles.